The average Bonchev–Trinajstić information content (AvgIpc) is 3.29. The number of aromatic nitrogens is 2. The molecule has 0 saturated carbocycles. The normalized spacial score (nSPS) is 13.7. The molecule has 0 N–H and O–H groups in total. The Morgan fingerprint density at radius 2 is 1.53 bits per heavy atom. The van der Waals surface area contributed by atoms with Crippen molar-refractivity contribution < 1.29 is 19.1 Å². The Hall–Kier alpha value is -3.81. The molecule has 2 amide bonds. The van der Waals surface area contributed by atoms with E-state index in [1.807, 2.05) is 37.4 Å². The van der Waals surface area contributed by atoms with Gasteiger partial charge in [0.25, 0.3) is 11.8 Å². The number of aryl methyl sites for hydroxylation is 1. The smallest absolute Gasteiger partial charge is 0.257 e. The molecule has 8 heteroatoms. The maximum Gasteiger partial charge on any atom is 0.257 e. The maximum atomic E-state index is 13.0. The molecule has 0 atom stereocenters. The van der Waals surface area contributed by atoms with Crippen LogP contribution in [0, 0.1) is 6.92 Å². The topological polar surface area (TPSA) is 76.9 Å². The fraction of sp³-hybridized carbons (Fsp3) is 0.292. The molecule has 0 unspecified atom stereocenters. The fourth-order valence-corrected chi connectivity index (χ4v) is 3.75. The number of benzene rings is 2. The predicted molar refractivity (Wildman–Crippen MR) is 120 cm³/mol. The van der Waals surface area contributed by atoms with Crippen LogP contribution >= 0.6 is 0 Å². The van der Waals surface area contributed by atoms with E-state index in [4.69, 9.17) is 9.47 Å². The van der Waals surface area contributed by atoms with Crippen molar-refractivity contribution in [2.75, 3.05) is 40.4 Å². The Labute approximate surface area is 187 Å². The molecule has 0 aliphatic carbocycles. The summed E-state index contributed by atoms with van der Waals surface area (Å²) in [5.41, 5.74) is 3.08. The van der Waals surface area contributed by atoms with Crippen LogP contribution in [0.5, 0.6) is 11.5 Å². The van der Waals surface area contributed by atoms with Crippen LogP contribution in [0.1, 0.15) is 26.3 Å². The monoisotopic (exact) mass is 434 g/mol. The number of hydrogen-bond acceptors (Lipinski definition) is 5. The van der Waals surface area contributed by atoms with Gasteiger partial charge in [-0.1, -0.05) is 0 Å². The number of ether oxygens (including phenoxy) is 2. The van der Waals surface area contributed by atoms with Gasteiger partial charge in [0.05, 0.1) is 31.7 Å². The van der Waals surface area contributed by atoms with Crippen molar-refractivity contribution >= 4 is 11.8 Å². The Morgan fingerprint density at radius 3 is 2.09 bits per heavy atom. The van der Waals surface area contributed by atoms with Crippen molar-refractivity contribution in [2.45, 2.75) is 6.92 Å². The van der Waals surface area contributed by atoms with Crippen molar-refractivity contribution in [2.24, 2.45) is 0 Å². The first kappa shape index (κ1) is 21.4. The molecule has 2 aromatic carbocycles. The summed E-state index contributed by atoms with van der Waals surface area (Å²) < 4.78 is 12.3. The van der Waals surface area contributed by atoms with Gasteiger partial charge in [-0.25, -0.2) is 4.68 Å². The van der Waals surface area contributed by atoms with Crippen LogP contribution in [0.15, 0.2) is 54.9 Å². The van der Waals surface area contributed by atoms with Crippen LogP contribution in [0.3, 0.4) is 0 Å². The number of hydrogen-bond donors (Lipinski definition) is 0. The molecule has 1 fully saturated rings. The zero-order valence-corrected chi connectivity index (χ0v) is 18.4. The van der Waals surface area contributed by atoms with Crippen molar-refractivity contribution in [1.29, 1.82) is 0 Å². The van der Waals surface area contributed by atoms with Gasteiger partial charge in [-0.3, -0.25) is 9.59 Å². The third-order valence-corrected chi connectivity index (χ3v) is 5.58. The summed E-state index contributed by atoms with van der Waals surface area (Å²) in [6, 6.07) is 12.5. The molecule has 2 heterocycles. The highest BCUT2D eigenvalue weighted by Crippen LogP contribution is 2.26. The highest BCUT2D eigenvalue weighted by molar-refractivity contribution is 5.98. The molecule has 1 aromatic heterocycles. The van der Waals surface area contributed by atoms with Crippen molar-refractivity contribution in [1.82, 2.24) is 19.6 Å². The van der Waals surface area contributed by atoms with Crippen LogP contribution in [-0.2, 0) is 0 Å². The van der Waals surface area contributed by atoms with Gasteiger partial charge in [0.15, 0.2) is 0 Å². The predicted octanol–water partition coefficient (Wildman–Crippen LogP) is 2.80. The Balaban J connectivity index is 1.39. The van der Waals surface area contributed by atoms with E-state index in [1.54, 1.807) is 46.0 Å². The van der Waals surface area contributed by atoms with Crippen molar-refractivity contribution in [3.8, 4) is 17.2 Å². The third kappa shape index (κ3) is 4.30. The van der Waals surface area contributed by atoms with Gasteiger partial charge < -0.3 is 19.3 Å². The molecule has 166 valence electrons. The van der Waals surface area contributed by atoms with E-state index >= 15 is 0 Å². The lowest BCUT2D eigenvalue weighted by molar-refractivity contribution is 0.0533. The third-order valence-electron chi connectivity index (χ3n) is 5.58. The van der Waals surface area contributed by atoms with E-state index in [0.717, 1.165) is 11.3 Å². The van der Waals surface area contributed by atoms with Gasteiger partial charge in [0.1, 0.15) is 11.5 Å². The molecule has 1 saturated heterocycles. The lowest BCUT2D eigenvalue weighted by Gasteiger charge is -2.35. The minimum atomic E-state index is -0.115. The summed E-state index contributed by atoms with van der Waals surface area (Å²) in [6.07, 6.45) is 3.73. The number of amides is 2. The van der Waals surface area contributed by atoms with Crippen LogP contribution in [0.4, 0.5) is 0 Å². The molecule has 0 spiro atoms. The van der Waals surface area contributed by atoms with Gasteiger partial charge in [0, 0.05) is 44.0 Å². The minimum Gasteiger partial charge on any atom is -0.497 e. The second kappa shape index (κ2) is 9.13. The molecule has 1 aliphatic rings. The van der Waals surface area contributed by atoms with Gasteiger partial charge in [-0.2, -0.15) is 5.10 Å². The summed E-state index contributed by atoms with van der Waals surface area (Å²) in [4.78, 5) is 29.5. The van der Waals surface area contributed by atoms with Gasteiger partial charge >= 0.3 is 0 Å². The quantitative estimate of drug-likeness (QED) is 0.617. The molecule has 4 rings (SSSR count). The first-order chi connectivity index (χ1) is 15.5. The largest absolute Gasteiger partial charge is 0.497 e. The summed E-state index contributed by atoms with van der Waals surface area (Å²) >= 11 is 0. The average molecular weight is 434 g/mol. The molecule has 0 radical (unpaired) electrons. The van der Waals surface area contributed by atoms with Crippen LogP contribution in [0.25, 0.3) is 5.69 Å². The highest BCUT2D eigenvalue weighted by Gasteiger charge is 2.27. The summed E-state index contributed by atoms with van der Waals surface area (Å²) in [5.74, 6) is 0.945. The van der Waals surface area contributed by atoms with Gasteiger partial charge in [0.2, 0.25) is 0 Å². The fourth-order valence-electron chi connectivity index (χ4n) is 3.75. The lowest BCUT2D eigenvalue weighted by atomic mass is 10.1. The van der Waals surface area contributed by atoms with E-state index in [0.29, 0.717) is 48.8 Å². The lowest BCUT2D eigenvalue weighted by Crippen LogP contribution is -2.50. The summed E-state index contributed by atoms with van der Waals surface area (Å²) in [7, 11) is 3.10. The van der Waals surface area contributed by atoms with E-state index in [-0.39, 0.29) is 11.8 Å². The van der Waals surface area contributed by atoms with E-state index in [9.17, 15) is 9.59 Å². The number of piperazine rings is 1. The second-order valence-corrected chi connectivity index (χ2v) is 7.66. The molecular formula is C24H26N4O4. The summed E-state index contributed by atoms with van der Waals surface area (Å²) in [6.45, 7) is 3.86. The number of nitrogens with zero attached hydrogens (tertiary/aromatic N) is 4. The SMILES string of the molecule is COc1ccc(C(=O)N2CCN(C(=O)c3ccc(-n4cc(C)cn4)cc3)CC2)c(OC)c1. The zero-order chi connectivity index (χ0) is 22.7. The van der Waals surface area contributed by atoms with Crippen LogP contribution in [-0.4, -0.2) is 71.8 Å². The molecular weight excluding hydrogens is 408 g/mol. The molecule has 3 aromatic rings. The number of carbonyl (C=O) groups excluding carboxylic acids is 2. The van der Waals surface area contributed by atoms with Crippen molar-refractivity contribution in [3.63, 3.8) is 0 Å². The minimum absolute atomic E-state index is 0.0395. The Kier molecular flexibility index (Phi) is 6.11. The summed E-state index contributed by atoms with van der Waals surface area (Å²) in [5, 5.41) is 4.29. The molecule has 0 bridgehead atoms. The molecule has 8 nitrogen and oxygen atoms in total. The van der Waals surface area contributed by atoms with Gasteiger partial charge in [-0.15, -0.1) is 0 Å². The first-order valence-corrected chi connectivity index (χ1v) is 10.4. The highest BCUT2D eigenvalue weighted by atomic mass is 16.5. The number of carbonyl (C=O) groups is 2. The standard InChI is InChI=1S/C24H26N4O4/c1-17-15-25-28(16-17)19-6-4-18(5-7-19)23(29)26-10-12-27(13-11-26)24(30)21-9-8-20(31-2)14-22(21)32-3/h4-9,14-16H,10-13H2,1-3H3. The van der Waals surface area contributed by atoms with Crippen LogP contribution in [0.2, 0.25) is 0 Å². The number of methoxy groups -OCH3 is 2. The first-order valence-electron chi connectivity index (χ1n) is 10.4. The van der Waals surface area contributed by atoms with E-state index in [1.165, 1.54) is 7.11 Å². The second-order valence-electron chi connectivity index (χ2n) is 7.66. The van der Waals surface area contributed by atoms with Crippen LogP contribution < -0.4 is 9.47 Å². The Morgan fingerprint density at radius 1 is 0.875 bits per heavy atom. The Bertz CT molecular complexity index is 1120. The van der Waals surface area contributed by atoms with E-state index in [2.05, 4.69) is 5.10 Å². The molecule has 32 heavy (non-hydrogen) atoms. The number of rotatable bonds is 5. The maximum absolute atomic E-state index is 13.0. The zero-order valence-electron chi connectivity index (χ0n) is 18.4. The van der Waals surface area contributed by atoms with Gasteiger partial charge in [-0.05, 0) is 48.9 Å². The van der Waals surface area contributed by atoms with E-state index < -0.39 is 0 Å². The molecule has 1 aliphatic heterocycles. The van der Waals surface area contributed by atoms with Crippen molar-refractivity contribution in [3.05, 3.63) is 71.5 Å².